The van der Waals surface area contributed by atoms with Crippen LogP contribution in [0.2, 0.25) is 0 Å². The number of nitrogens with zero attached hydrogens (tertiary/aromatic N) is 3. The van der Waals surface area contributed by atoms with Gasteiger partial charge in [0.05, 0.1) is 17.8 Å². The topological polar surface area (TPSA) is 58.5 Å². The number of hydrogen-bond acceptors (Lipinski definition) is 3. The van der Waals surface area contributed by atoms with Crippen molar-refractivity contribution in [1.82, 2.24) is 25.1 Å². The number of nitrogens with one attached hydrogen (secondary N) is 2. The summed E-state index contributed by atoms with van der Waals surface area (Å²) in [5, 5.41) is 8.28. The van der Waals surface area contributed by atoms with E-state index >= 15 is 0 Å². The van der Waals surface area contributed by atoms with Gasteiger partial charge in [-0.05, 0) is 25.5 Å². The van der Waals surface area contributed by atoms with Gasteiger partial charge in [0.2, 0.25) is 0 Å². The molecule has 0 spiro atoms. The molecule has 1 fully saturated rings. The van der Waals surface area contributed by atoms with Gasteiger partial charge in [0.1, 0.15) is 5.82 Å². The highest BCUT2D eigenvalue weighted by molar-refractivity contribution is 5.07. The Hall–Kier alpha value is -1.62. The fourth-order valence-corrected chi connectivity index (χ4v) is 3.22. The van der Waals surface area contributed by atoms with Crippen molar-refractivity contribution in [2.75, 3.05) is 6.54 Å². The number of imidazole rings is 1. The molecule has 0 radical (unpaired) electrons. The van der Waals surface area contributed by atoms with Crippen LogP contribution in [0.3, 0.4) is 0 Å². The van der Waals surface area contributed by atoms with Gasteiger partial charge in [-0.2, -0.15) is 5.10 Å². The second-order valence-electron chi connectivity index (χ2n) is 5.87. The van der Waals surface area contributed by atoms with Crippen molar-refractivity contribution in [3.63, 3.8) is 0 Å². The molecule has 21 heavy (non-hydrogen) atoms. The first-order valence-corrected chi connectivity index (χ1v) is 8.13. The molecule has 2 N–H and O–H groups in total. The maximum absolute atomic E-state index is 4.80. The van der Waals surface area contributed by atoms with Gasteiger partial charge >= 0.3 is 0 Å². The third-order valence-electron chi connectivity index (χ3n) is 4.33. The lowest BCUT2D eigenvalue weighted by atomic mass is 9.96. The van der Waals surface area contributed by atoms with Gasteiger partial charge in [0, 0.05) is 25.0 Å². The van der Waals surface area contributed by atoms with Crippen LogP contribution in [0.5, 0.6) is 0 Å². The summed E-state index contributed by atoms with van der Waals surface area (Å²) in [7, 11) is 0. The zero-order valence-electron chi connectivity index (χ0n) is 12.8. The molecular weight excluding hydrogens is 262 g/mol. The molecule has 0 amide bonds. The minimum absolute atomic E-state index is 0.208. The van der Waals surface area contributed by atoms with Crippen LogP contribution in [0.1, 0.15) is 62.6 Å². The molecule has 0 bridgehead atoms. The van der Waals surface area contributed by atoms with Gasteiger partial charge in [-0.15, -0.1) is 0 Å². The molecule has 0 saturated heterocycles. The summed E-state index contributed by atoms with van der Waals surface area (Å²) >= 11 is 0. The number of aromatic nitrogens is 4. The minimum Gasteiger partial charge on any atom is -0.347 e. The molecule has 1 atom stereocenters. The summed E-state index contributed by atoms with van der Waals surface area (Å²) in [6, 6.07) is 2.97. The maximum atomic E-state index is 4.80. The average molecular weight is 287 g/mol. The highest BCUT2D eigenvalue weighted by Gasteiger charge is 2.18. The van der Waals surface area contributed by atoms with Gasteiger partial charge in [0.15, 0.2) is 0 Å². The van der Waals surface area contributed by atoms with E-state index in [9.17, 15) is 0 Å². The summed E-state index contributed by atoms with van der Waals surface area (Å²) in [6.07, 6.45) is 13.3. The predicted octanol–water partition coefficient (Wildman–Crippen LogP) is 3.00. The zero-order chi connectivity index (χ0) is 14.5. The van der Waals surface area contributed by atoms with Crippen molar-refractivity contribution in [2.45, 2.75) is 57.5 Å². The standard InChI is InChI=1S/C16H25N5/c1-2-17-15(16-18-9-10-19-16)12-13-8-11-21(20-13)14-6-4-3-5-7-14/h8-11,14-15,17H,2-7,12H2,1H3,(H,18,19). The second kappa shape index (κ2) is 6.89. The Balaban J connectivity index is 1.67. The average Bonchev–Trinajstić information content (AvgIpc) is 3.19. The van der Waals surface area contributed by atoms with E-state index < -0.39 is 0 Å². The van der Waals surface area contributed by atoms with Crippen molar-refractivity contribution >= 4 is 0 Å². The van der Waals surface area contributed by atoms with E-state index in [4.69, 9.17) is 5.10 Å². The molecule has 0 aromatic carbocycles. The van der Waals surface area contributed by atoms with Crippen LogP contribution < -0.4 is 5.32 Å². The Morgan fingerprint density at radius 3 is 2.95 bits per heavy atom. The lowest BCUT2D eigenvalue weighted by Gasteiger charge is -2.22. The number of aromatic amines is 1. The first-order valence-electron chi connectivity index (χ1n) is 8.13. The third-order valence-corrected chi connectivity index (χ3v) is 4.33. The SMILES string of the molecule is CCNC(Cc1ccn(C2CCCCC2)n1)c1ncc[nH]1. The Bertz CT molecular complexity index is 525. The van der Waals surface area contributed by atoms with Crippen molar-refractivity contribution in [3.05, 3.63) is 36.2 Å². The van der Waals surface area contributed by atoms with Crippen molar-refractivity contribution in [2.24, 2.45) is 0 Å². The molecule has 1 saturated carbocycles. The zero-order valence-corrected chi connectivity index (χ0v) is 12.8. The van der Waals surface area contributed by atoms with Crippen LogP contribution in [0.4, 0.5) is 0 Å². The number of H-pyrrole nitrogens is 1. The minimum atomic E-state index is 0.208. The largest absolute Gasteiger partial charge is 0.347 e. The molecule has 1 aliphatic carbocycles. The van der Waals surface area contributed by atoms with E-state index in [0.29, 0.717) is 6.04 Å². The van der Waals surface area contributed by atoms with Crippen molar-refractivity contribution < 1.29 is 0 Å². The van der Waals surface area contributed by atoms with E-state index in [-0.39, 0.29) is 6.04 Å². The third kappa shape index (κ3) is 3.53. The molecule has 1 aliphatic rings. The Labute approximate surface area is 126 Å². The highest BCUT2D eigenvalue weighted by Crippen LogP contribution is 2.27. The fourth-order valence-electron chi connectivity index (χ4n) is 3.22. The first kappa shape index (κ1) is 14.3. The molecule has 0 aliphatic heterocycles. The first-order chi connectivity index (χ1) is 10.4. The monoisotopic (exact) mass is 287 g/mol. The number of hydrogen-bond donors (Lipinski definition) is 2. The summed E-state index contributed by atoms with van der Waals surface area (Å²) in [6.45, 7) is 3.05. The predicted molar refractivity (Wildman–Crippen MR) is 83.1 cm³/mol. The fraction of sp³-hybridized carbons (Fsp3) is 0.625. The molecule has 5 nitrogen and oxygen atoms in total. The molecular formula is C16H25N5. The molecule has 1 unspecified atom stereocenters. The van der Waals surface area contributed by atoms with Crippen LogP contribution in [0, 0.1) is 0 Å². The number of rotatable bonds is 6. The van der Waals surface area contributed by atoms with Crippen LogP contribution in [0.25, 0.3) is 0 Å². The van der Waals surface area contributed by atoms with Gasteiger partial charge in [-0.1, -0.05) is 26.2 Å². The van der Waals surface area contributed by atoms with Gasteiger partial charge in [0.25, 0.3) is 0 Å². The van der Waals surface area contributed by atoms with Crippen molar-refractivity contribution in [1.29, 1.82) is 0 Å². The van der Waals surface area contributed by atoms with E-state index in [2.05, 4.69) is 39.2 Å². The Morgan fingerprint density at radius 2 is 2.24 bits per heavy atom. The summed E-state index contributed by atoms with van der Waals surface area (Å²) in [4.78, 5) is 7.58. The maximum Gasteiger partial charge on any atom is 0.123 e. The summed E-state index contributed by atoms with van der Waals surface area (Å²) in [5.74, 6) is 0.990. The van der Waals surface area contributed by atoms with Gasteiger partial charge in [-0.25, -0.2) is 4.98 Å². The Kier molecular flexibility index (Phi) is 4.70. The molecule has 2 aromatic rings. The van der Waals surface area contributed by atoms with E-state index in [1.807, 2.05) is 6.20 Å². The molecule has 3 rings (SSSR count). The smallest absolute Gasteiger partial charge is 0.123 e. The van der Waals surface area contributed by atoms with E-state index in [0.717, 1.165) is 24.5 Å². The van der Waals surface area contributed by atoms with Gasteiger partial charge < -0.3 is 10.3 Å². The number of likely N-dealkylation sites (N-methyl/N-ethyl adjacent to an activating group) is 1. The van der Waals surface area contributed by atoms with Crippen LogP contribution >= 0.6 is 0 Å². The lowest BCUT2D eigenvalue weighted by molar-refractivity contribution is 0.327. The summed E-state index contributed by atoms with van der Waals surface area (Å²) in [5.41, 5.74) is 1.14. The highest BCUT2D eigenvalue weighted by atomic mass is 15.3. The second-order valence-corrected chi connectivity index (χ2v) is 5.87. The van der Waals surface area contributed by atoms with Crippen molar-refractivity contribution in [3.8, 4) is 0 Å². The Morgan fingerprint density at radius 1 is 1.38 bits per heavy atom. The van der Waals surface area contributed by atoms with E-state index in [1.165, 1.54) is 32.1 Å². The molecule has 2 heterocycles. The summed E-state index contributed by atoms with van der Waals surface area (Å²) < 4.78 is 2.18. The van der Waals surface area contributed by atoms with Crippen LogP contribution in [-0.2, 0) is 6.42 Å². The lowest BCUT2D eigenvalue weighted by Crippen LogP contribution is -2.24. The molecule has 114 valence electrons. The molecule has 2 aromatic heterocycles. The molecule has 5 heteroatoms. The van der Waals surface area contributed by atoms with Crippen LogP contribution in [0.15, 0.2) is 24.7 Å². The van der Waals surface area contributed by atoms with Gasteiger partial charge in [-0.3, -0.25) is 4.68 Å². The normalized spacial score (nSPS) is 18.0. The van der Waals surface area contributed by atoms with E-state index in [1.54, 1.807) is 6.20 Å². The quantitative estimate of drug-likeness (QED) is 0.858. The van der Waals surface area contributed by atoms with Crippen LogP contribution in [-0.4, -0.2) is 26.3 Å².